The second-order valence-electron chi connectivity index (χ2n) is 5.25. The van der Waals surface area contributed by atoms with Crippen LogP contribution in [0.15, 0.2) is 53.0 Å². The number of nitrogens with one attached hydrogen (secondary N) is 1. The van der Waals surface area contributed by atoms with Gasteiger partial charge in [0.05, 0.1) is 0 Å². The second-order valence-corrected chi connectivity index (χ2v) is 6.17. The molecule has 0 radical (unpaired) electrons. The van der Waals surface area contributed by atoms with Gasteiger partial charge in [-0.25, -0.2) is 0 Å². The number of hydrogen-bond acceptors (Lipinski definition) is 1. The van der Waals surface area contributed by atoms with Crippen molar-refractivity contribution in [2.75, 3.05) is 6.54 Å². The molecule has 1 N–H and O–H groups in total. The summed E-state index contributed by atoms with van der Waals surface area (Å²) in [5.41, 5.74) is 4.07. The van der Waals surface area contributed by atoms with Crippen molar-refractivity contribution in [3.05, 3.63) is 69.7 Å². The summed E-state index contributed by atoms with van der Waals surface area (Å²) in [6, 6.07) is 17.8. The summed E-state index contributed by atoms with van der Waals surface area (Å²) in [7, 11) is 0. The molecule has 0 spiro atoms. The van der Waals surface area contributed by atoms with Gasteiger partial charge in [-0.05, 0) is 49.6 Å². The molecule has 0 aliphatic carbocycles. The predicted molar refractivity (Wildman–Crippen MR) is 90.1 cm³/mol. The van der Waals surface area contributed by atoms with Gasteiger partial charge in [-0.3, -0.25) is 0 Å². The molecule has 20 heavy (non-hydrogen) atoms. The number of hydrogen-bond donors (Lipinski definition) is 1. The van der Waals surface area contributed by atoms with Gasteiger partial charge in [0, 0.05) is 10.5 Å². The van der Waals surface area contributed by atoms with Crippen molar-refractivity contribution in [3.8, 4) is 0 Å². The Hall–Kier alpha value is -1.12. The van der Waals surface area contributed by atoms with Crippen LogP contribution in [0.4, 0.5) is 0 Å². The first-order valence-electron chi connectivity index (χ1n) is 7.23. The minimum atomic E-state index is 0.379. The maximum absolute atomic E-state index is 3.66. The van der Waals surface area contributed by atoms with Crippen molar-refractivity contribution >= 4 is 15.9 Å². The maximum atomic E-state index is 3.66. The van der Waals surface area contributed by atoms with Gasteiger partial charge in [0.15, 0.2) is 0 Å². The quantitative estimate of drug-likeness (QED) is 0.781. The molecule has 1 unspecified atom stereocenters. The van der Waals surface area contributed by atoms with E-state index in [1.165, 1.54) is 16.7 Å². The maximum Gasteiger partial charge on any atom is 0.0360 e. The molecule has 0 saturated heterocycles. The first kappa shape index (κ1) is 15.3. The highest BCUT2D eigenvalue weighted by Crippen LogP contribution is 2.21. The molecule has 0 heterocycles. The molecule has 0 saturated carbocycles. The Bertz CT molecular complexity index is 533. The molecule has 1 nitrogen and oxygen atoms in total. The lowest BCUT2D eigenvalue weighted by atomic mass is 9.98. The van der Waals surface area contributed by atoms with Gasteiger partial charge in [0.1, 0.15) is 0 Å². The Balaban J connectivity index is 2.16. The Morgan fingerprint density at radius 1 is 1.10 bits per heavy atom. The minimum absolute atomic E-state index is 0.379. The van der Waals surface area contributed by atoms with Gasteiger partial charge < -0.3 is 5.32 Å². The van der Waals surface area contributed by atoms with Crippen LogP contribution in [-0.2, 0) is 6.42 Å². The first-order chi connectivity index (χ1) is 9.69. The van der Waals surface area contributed by atoms with E-state index in [1.54, 1.807) is 0 Å². The normalized spacial score (nSPS) is 12.3. The molecule has 106 valence electrons. The van der Waals surface area contributed by atoms with E-state index in [4.69, 9.17) is 0 Å². The summed E-state index contributed by atoms with van der Waals surface area (Å²) in [6.07, 6.45) is 2.18. The molecular formula is C18H22BrN. The van der Waals surface area contributed by atoms with E-state index in [9.17, 15) is 0 Å². The van der Waals surface area contributed by atoms with Crippen LogP contribution in [0.1, 0.15) is 36.1 Å². The SMILES string of the molecule is CCCNC(Cc1cccc(C)c1)c1ccc(Br)cc1. The van der Waals surface area contributed by atoms with Crippen molar-refractivity contribution in [3.63, 3.8) is 0 Å². The van der Waals surface area contributed by atoms with E-state index in [0.29, 0.717) is 6.04 Å². The molecule has 1 atom stereocenters. The van der Waals surface area contributed by atoms with Crippen LogP contribution < -0.4 is 5.32 Å². The average Bonchev–Trinajstić information content (AvgIpc) is 2.44. The minimum Gasteiger partial charge on any atom is -0.310 e. The Morgan fingerprint density at radius 3 is 2.50 bits per heavy atom. The van der Waals surface area contributed by atoms with Crippen LogP contribution in [0.5, 0.6) is 0 Å². The molecular weight excluding hydrogens is 310 g/mol. The molecule has 0 amide bonds. The smallest absolute Gasteiger partial charge is 0.0360 e. The second kappa shape index (κ2) is 7.61. The average molecular weight is 332 g/mol. The van der Waals surface area contributed by atoms with Gasteiger partial charge in [0.25, 0.3) is 0 Å². The van der Waals surface area contributed by atoms with Crippen molar-refractivity contribution in [1.29, 1.82) is 0 Å². The van der Waals surface area contributed by atoms with E-state index < -0.39 is 0 Å². The summed E-state index contributed by atoms with van der Waals surface area (Å²) in [5, 5.41) is 3.66. The zero-order valence-electron chi connectivity index (χ0n) is 12.2. The molecule has 2 aromatic carbocycles. The Labute approximate surface area is 130 Å². The molecule has 0 fully saturated rings. The van der Waals surface area contributed by atoms with E-state index in [0.717, 1.165) is 23.9 Å². The van der Waals surface area contributed by atoms with Crippen LogP contribution in [-0.4, -0.2) is 6.54 Å². The first-order valence-corrected chi connectivity index (χ1v) is 8.02. The van der Waals surface area contributed by atoms with Crippen molar-refractivity contribution in [1.82, 2.24) is 5.32 Å². The zero-order valence-corrected chi connectivity index (χ0v) is 13.8. The van der Waals surface area contributed by atoms with Crippen molar-refractivity contribution in [2.24, 2.45) is 0 Å². The highest BCUT2D eigenvalue weighted by Gasteiger charge is 2.11. The monoisotopic (exact) mass is 331 g/mol. The summed E-state index contributed by atoms with van der Waals surface area (Å²) < 4.78 is 1.13. The van der Waals surface area contributed by atoms with E-state index in [1.807, 2.05) is 0 Å². The third-order valence-electron chi connectivity index (χ3n) is 3.44. The largest absolute Gasteiger partial charge is 0.310 e. The van der Waals surface area contributed by atoms with Crippen LogP contribution >= 0.6 is 15.9 Å². The molecule has 2 aromatic rings. The molecule has 0 aliphatic heterocycles. The summed E-state index contributed by atoms with van der Waals surface area (Å²) >= 11 is 3.50. The van der Waals surface area contributed by atoms with Crippen LogP contribution in [0.3, 0.4) is 0 Å². The lowest BCUT2D eigenvalue weighted by Gasteiger charge is -2.19. The van der Waals surface area contributed by atoms with E-state index in [-0.39, 0.29) is 0 Å². The fourth-order valence-electron chi connectivity index (χ4n) is 2.40. The Kier molecular flexibility index (Phi) is 5.81. The third-order valence-corrected chi connectivity index (χ3v) is 3.96. The fraction of sp³-hybridized carbons (Fsp3) is 0.333. The lowest BCUT2D eigenvalue weighted by molar-refractivity contribution is 0.529. The number of aryl methyl sites for hydroxylation is 1. The highest BCUT2D eigenvalue weighted by atomic mass is 79.9. The standard InChI is InChI=1S/C18H22BrN/c1-3-11-20-18(16-7-9-17(19)10-8-16)13-15-6-4-5-14(2)12-15/h4-10,12,18,20H,3,11,13H2,1-2H3. The molecule has 0 aromatic heterocycles. The topological polar surface area (TPSA) is 12.0 Å². The number of rotatable bonds is 6. The van der Waals surface area contributed by atoms with E-state index >= 15 is 0 Å². The molecule has 2 rings (SSSR count). The molecule has 2 heteroatoms. The summed E-state index contributed by atoms with van der Waals surface area (Å²) in [4.78, 5) is 0. The van der Waals surface area contributed by atoms with Gasteiger partial charge >= 0.3 is 0 Å². The summed E-state index contributed by atoms with van der Waals surface area (Å²) in [5.74, 6) is 0. The number of benzene rings is 2. The lowest BCUT2D eigenvalue weighted by Crippen LogP contribution is -2.24. The predicted octanol–water partition coefficient (Wildman–Crippen LogP) is 5.04. The van der Waals surface area contributed by atoms with Gasteiger partial charge in [0.2, 0.25) is 0 Å². The van der Waals surface area contributed by atoms with Gasteiger partial charge in [-0.15, -0.1) is 0 Å². The third kappa shape index (κ3) is 4.46. The summed E-state index contributed by atoms with van der Waals surface area (Å²) in [6.45, 7) is 5.41. The zero-order chi connectivity index (χ0) is 14.4. The molecule has 0 aliphatic rings. The van der Waals surface area contributed by atoms with Crippen molar-refractivity contribution in [2.45, 2.75) is 32.7 Å². The van der Waals surface area contributed by atoms with Crippen LogP contribution in [0.2, 0.25) is 0 Å². The Morgan fingerprint density at radius 2 is 1.85 bits per heavy atom. The van der Waals surface area contributed by atoms with Crippen LogP contribution in [0, 0.1) is 6.92 Å². The fourth-order valence-corrected chi connectivity index (χ4v) is 2.66. The van der Waals surface area contributed by atoms with Gasteiger partial charge in [-0.2, -0.15) is 0 Å². The number of halogens is 1. The van der Waals surface area contributed by atoms with Crippen molar-refractivity contribution < 1.29 is 0 Å². The highest BCUT2D eigenvalue weighted by molar-refractivity contribution is 9.10. The molecule has 0 bridgehead atoms. The van der Waals surface area contributed by atoms with Crippen LogP contribution in [0.25, 0.3) is 0 Å². The van der Waals surface area contributed by atoms with Gasteiger partial charge in [-0.1, -0.05) is 64.8 Å². The van der Waals surface area contributed by atoms with E-state index in [2.05, 4.69) is 83.6 Å².